The molecule has 2 rings (SSSR count). The molecule has 0 aliphatic rings. The highest BCUT2D eigenvalue weighted by Crippen LogP contribution is 2.18. The van der Waals surface area contributed by atoms with Crippen molar-refractivity contribution in [3.8, 4) is 12.3 Å². The van der Waals surface area contributed by atoms with Crippen LogP contribution in [-0.2, 0) is 18.4 Å². The molecule has 0 aliphatic carbocycles. The van der Waals surface area contributed by atoms with E-state index in [9.17, 15) is 4.79 Å². The van der Waals surface area contributed by atoms with Crippen LogP contribution < -0.4 is 10.6 Å². The second-order valence-corrected chi connectivity index (χ2v) is 6.90. The standard InChI is InChI=1S/C21H28N6O.HI/c1-7-16-9-8-10-18(11-16)24-19(28)12-23-21(22-4)26(5)13-17-14-27(6)25-20(17)15(2)3;/h1,8-11,14-15H,12-13H2,2-6H3,(H,22,23)(H,24,28);1H. The molecule has 0 aliphatic heterocycles. The third-order valence-corrected chi connectivity index (χ3v) is 4.18. The molecule has 0 bridgehead atoms. The zero-order valence-corrected chi connectivity index (χ0v) is 19.9. The van der Waals surface area contributed by atoms with Gasteiger partial charge in [0.05, 0.1) is 12.2 Å². The second-order valence-electron chi connectivity index (χ2n) is 6.90. The van der Waals surface area contributed by atoms with Crippen LogP contribution in [0.4, 0.5) is 5.69 Å². The Hall–Kier alpha value is -2.54. The molecule has 0 saturated heterocycles. The molecule has 156 valence electrons. The summed E-state index contributed by atoms with van der Waals surface area (Å²) in [6.45, 7) is 4.99. The normalized spacial score (nSPS) is 10.9. The molecule has 0 spiro atoms. The molecule has 0 saturated carbocycles. The van der Waals surface area contributed by atoms with Gasteiger partial charge in [0.2, 0.25) is 5.91 Å². The predicted octanol–water partition coefficient (Wildman–Crippen LogP) is 2.79. The summed E-state index contributed by atoms with van der Waals surface area (Å²) >= 11 is 0. The summed E-state index contributed by atoms with van der Waals surface area (Å²) < 4.78 is 1.83. The maximum Gasteiger partial charge on any atom is 0.243 e. The highest BCUT2D eigenvalue weighted by Gasteiger charge is 2.15. The van der Waals surface area contributed by atoms with Crippen LogP contribution in [0.15, 0.2) is 35.5 Å². The van der Waals surface area contributed by atoms with E-state index in [4.69, 9.17) is 6.42 Å². The molecular formula is C21H29IN6O. The summed E-state index contributed by atoms with van der Waals surface area (Å²) in [5.74, 6) is 3.35. The zero-order chi connectivity index (χ0) is 20.7. The summed E-state index contributed by atoms with van der Waals surface area (Å²) in [5, 5.41) is 10.5. The van der Waals surface area contributed by atoms with Gasteiger partial charge in [-0.15, -0.1) is 30.4 Å². The number of aliphatic imine (C=N–C) groups is 1. The van der Waals surface area contributed by atoms with E-state index in [2.05, 4.69) is 40.5 Å². The first-order valence-electron chi connectivity index (χ1n) is 9.14. The summed E-state index contributed by atoms with van der Waals surface area (Å²) in [5.41, 5.74) is 3.59. The van der Waals surface area contributed by atoms with Gasteiger partial charge in [-0.3, -0.25) is 14.5 Å². The van der Waals surface area contributed by atoms with Crippen LogP contribution in [0.3, 0.4) is 0 Å². The lowest BCUT2D eigenvalue weighted by Gasteiger charge is -2.22. The lowest BCUT2D eigenvalue weighted by molar-refractivity contribution is -0.115. The Morgan fingerprint density at radius 1 is 1.41 bits per heavy atom. The second kappa shape index (κ2) is 11.5. The Morgan fingerprint density at radius 2 is 2.14 bits per heavy atom. The van der Waals surface area contributed by atoms with Crippen LogP contribution in [-0.4, -0.2) is 47.2 Å². The fourth-order valence-corrected chi connectivity index (χ4v) is 2.93. The van der Waals surface area contributed by atoms with E-state index in [1.807, 2.05) is 42.0 Å². The summed E-state index contributed by atoms with van der Waals surface area (Å²) in [7, 11) is 5.54. The first-order valence-corrected chi connectivity index (χ1v) is 9.14. The Kier molecular flexibility index (Phi) is 9.68. The van der Waals surface area contributed by atoms with Crippen molar-refractivity contribution in [3.63, 3.8) is 0 Å². The Labute approximate surface area is 190 Å². The third-order valence-electron chi connectivity index (χ3n) is 4.18. The summed E-state index contributed by atoms with van der Waals surface area (Å²) in [6, 6.07) is 7.18. The number of carbonyl (C=O) groups excluding carboxylic acids is 1. The number of anilines is 1. The van der Waals surface area contributed by atoms with Gasteiger partial charge in [-0.05, 0) is 24.1 Å². The molecule has 1 heterocycles. The van der Waals surface area contributed by atoms with E-state index in [1.54, 1.807) is 19.2 Å². The van der Waals surface area contributed by atoms with Gasteiger partial charge >= 0.3 is 0 Å². The Morgan fingerprint density at radius 3 is 2.76 bits per heavy atom. The number of hydrogen-bond donors (Lipinski definition) is 2. The van der Waals surface area contributed by atoms with Crippen molar-refractivity contribution in [2.24, 2.45) is 12.0 Å². The molecule has 1 aromatic carbocycles. The van der Waals surface area contributed by atoms with Gasteiger partial charge in [-0.25, -0.2) is 0 Å². The maximum atomic E-state index is 12.2. The zero-order valence-electron chi connectivity index (χ0n) is 17.6. The van der Waals surface area contributed by atoms with Gasteiger partial charge < -0.3 is 15.5 Å². The molecule has 2 aromatic rings. The fraction of sp³-hybridized carbons (Fsp3) is 0.381. The molecular weight excluding hydrogens is 479 g/mol. The van der Waals surface area contributed by atoms with Gasteiger partial charge in [-0.2, -0.15) is 5.10 Å². The van der Waals surface area contributed by atoms with Crippen molar-refractivity contribution in [2.75, 3.05) is 26.0 Å². The predicted molar refractivity (Wildman–Crippen MR) is 129 cm³/mol. The highest BCUT2D eigenvalue weighted by atomic mass is 127. The van der Waals surface area contributed by atoms with Crippen LogP contribution in [0.1, 0.15) is 36.6 Å². The van der Waals surface area contributed by atoms with Crippen LogP contribution >= 0.6 is 24.0 Å². The molecule has 7 nitrogen and oxygen atoms in total. The molecule has 8 heteroatoms. The first-order chi connectivity index (χ1) is 13.3. The number of rotatable bonds is 6. The van der Waals surface area contributed by atoms with Crippen molar-refractivity contribution < 1.29 is 4.79 Å². The number of aromatic nitrogens is 2. The largest absolute Gasteiger partial charge is 0.347 e. The minimum Gasteiger partial charge on any atom is -0.347 e. The summed E-state index contributed by atoms with van der Waals surface area (Å²) in [6.07, 6.45) is 7.41. The number of guanidine groups is 1. The van der Waals surface area contributed by atoms with Gasteiger partial charge in [0.1, 0.15) is 0 Å². The van der Waals surface area contributed by atoms with E-state index in [-0.39, 0.29) is 36.4 Å². The first kappa shape index (κ1) is 24.5. The van der Waals surface area contributed by atoms with Crippen LogP contribution in [0.2, 0.25) is 0 Å². The molecule has 1 amide bonds. The molecule has 0 fully saturated rings. The highest BCUT2D eigenvalue weighted by molar-refractivity contribution is 14.0. The smallest absolute Gasteiger partial charge is 0.243 e. The van der Waals surface area contributed by atoms with E-state index in [1.165, 1.54) is 0 Å². The Balaban J connectivity index is 0.00000420. The number of benzene rings is 1. The van der Waals surface area contributed by atoms with Crippen molar-refractivity contribution in [1.82, 2.24) is 20.0 Å². The van der Waals surface area contributed by atoms with Crippen molar-refractivity contribution in [3.05, 3.63) is 47.3 Å². The number of nitrogens with one attached hydrogen (secondary N) is 2. The minimum absolute atomic E-state index is 0. The quantitative estimate of drug-likeness (QED) is 0.273. The molecule has 0 unspecified atom stereocenters. The SMILES string of the molecule is C#Cc1cccc(NC(=O)CNC(=NC)N(C)Cc2cn(C)nc2C(C)C)c1.I. The van der Waals surface area contributed by atoms with Crippen LogP contribution in [0, 0.1) is 12.3 Å². The third kappa shape index (κ3) is 7.09. The minimum atomic E-state index is -0.173. The Bertz CT molecular complexity index is 897. The average molecular weight is 508 g/mol. The van der Waals surface area contributed by atoms with E-state index >= 15 is 0 Å². The van der Waals surface area contributed by atoms with Crippen LogP contribution in [0.5, 0.6) is 0 Å². The topological polar surface area (TPSA) is 74.6 Å². The van der Waals surface area contributed by atoms with E-state index in [0.717, 1.165) is 16.8 Å². The fourth-order valence-electron chi connectivity index (χ4n) is 2.93. The van der Waals surface area contributed by atoms with Crippen molar-refractivity contribution >= 4 is 41.5 Å². The number of hydrogen-bond acceptors (Lipinski definition) is 3. The van der Waals surface area contributed by atoms with Crippen molar-refractivity contribution in [1.29, 1.82) is 0 Å². The van der Waals surface area contributed by atoms with Gasteiger partial charge in [0.15, 0.2) is 5.96 Å². The molecule has 2 N–H and O–H groups in total. The lowest BCUT2D eigenvalue weighted by atomic mass is 10.1. The number of terminal acetylenes is 1. The van der Waals surface area contributed by atoms with Gasteiger partial charge in [0.25, 0.3) is 0 Å². The number of aryl methyl sites for hydroxylation is 1. The average Bonchev–Trinajstić information content (AvgIpc) is 3.02. The number of nitrogens with zero attached hydrogens (tertiary/aromatic N) is 4. The summed E-state index contributed by atoms with van der Waals surface area (Å²) in [4.78, 5) is 18.5. The number of carbonyl (C=O) groups is 1. The van der Waals surface area contributed by atoms with Crippen LogP contribution in [0.25, 0.3) is 0 Å². The molecule has 0 atom stereocenters. The van der Waals surface area contributed by atoms with Crippen molar-refractivity contribution in [2.45, 2.75) is 26.3 Å². The maximum absolute atomic E-state index is 12.2. The van der Waals surface area contributed by atoms with E-state index < -0.39 is 0 Å². The molecule has 1 aromatic heterocycles. The number of amides is 1. The van der Waals surface area contributed by atoms with Gasteiger partial charge in [0, 0.05) is 50.7 Å². The monoisotopic (exact) mass is 508 g/mol. The van der Waals surface area contributed by atoms with Gasteiger partial charge in [-0.1, -0.05) is 25.8 Å². The lowest BCUT2D eigenvalue weighted by Crippen LogP contribution is -2.42. The molecule has 29 heavy (non-hydrogen) atoms. The van der Waals surface area contributed by atoms with E-state index in [0.29, 0.717) is 24.1 Å². The molecule has 0 radical (unpaired) electrons. The number of halogens is 1.